The molecule has 1 amide bonds. The number of unbranched alkanes of at least 4 members (excludes halogenated alkanes) is 1. The highest BCUT2D eigenvalue weighted by Crippen LogP contribution is 2.24. The van der Waals surface area contributed by atoms with Gasteiger partial charge < -0.3 is 0 Å². The number of carbonyl (C=O) groups is 1. The fraction of sp³-hybridized carbons (Fsp3) is 0.368. The number of amides is 1. The van der Waals surface area contributed by atoms with Gasteiger partial charge in [-0.3, -0.25) is 15.1 Å². The average molecular weight is 417 g/mol. The normalized spacial score (nSPS) is 11.9. The lowest BCUT2D eigenvalue weighted by Gasteiger charge is -2.20. The number of hydrogen-bond donors (Lipinski definition) is 1. The summed E-state index contributed by atoms with van der Waals surface area (Å²) >= 11 is 0. The first kappa shape index (κ1) is 20.9. The third-order valence-electron chi connectivity index (χ3n) is 4.42. The van der Waals surface area contributed by atoms with Crippen LogP contribution in [-0.2, 0) is 14.8 Å². The van der Waals surface area contributed by atoms with E-state index in [2.05, 4.69) is 20.4 Å². The second kappa shape index (κ2) is 8.66. The van der Waals surface area contributed by atoms with Crippen molar-refractivity contribution in [3.63, 3.8) is 0 Å². The highest BCUT2D eigenvalue weighted by Gasteiger charge is 2.23. The summed E-state index contributed by atoms with van der Waals surface area (Å²) < 4.78 is 29.0. The minimum Gasteiger partial charge on any atom is -0.293 e. The molecule has 3 heterocycles. The van der Waals surface area contributed by atoms with Crippen LogP contribution in [0.4, 0.5) is 5.95 Å². The summed E-state index contributed by atoms with van der Waals surface area (Å²) in [6, 6.07) is 5.17. The zero-order valence-corrected chi connectivity index (χ0v) is 17.5. The van der Waals surface area contributed by atoms with Crippen molar-refractivity contribution in [1.29, 1.82) is 0 Å². The highest BCUT2D eigenvalue weighted by atomic mass is 32.2. The molecule has 0 bridgehead atoms. The molecular formula is C19H24N6O3S. The monoisotopic (exact) mass is 416 g/mol. The zero-order valence-electron chi connectivity index (χ0n) is 16.7. The van der Waals surface area contributed by atoms with Crippen LogP contribution < -0.4 is 5.32 Å². The number of aromatic nitrogens is 4. The molecule has 0 aliphatic heterocycles. The van der Waals surface area contributed by atoms with Gasteiger partial charge in [-0.15, -0.1) is 5.10 Å². The van der Waals surface area contributed by atoms with Gasteiger partial charge in [0.25, 0.3) is 0 Å². The highest BCUT2D eigenvalue weighted by molar-refractivity contribution is 7.89. The summed E-state index contributed by atoms with van der Waals surface area (Å²) in [5.41, 5.74) is 1.94. The molecule has 0 saturated carbocycles. The summed E-state index contributed by atoms with van der Waals surface area (Å²) in [4.78, 5) is 19.7. The van der Waals surface area contributed by atoms with Gasteiger partial charge in [0, 0.05) is 49.7 Å². The van der Waals surface area contributed by atoms with Crippen LogP contribution in [0, 0.1) is 0 Å². The number of fused-ring (bicyclic) bond motifs is 1. The summed E-state index contributed by atoms with van der Waals surface area (Å²) in [6.45, 7) is 6.13. The molecule has 0 aromatic carbocycles. The van der Waals surface area contributed by atoms with Crippen LogP contribution in [0.1, 0.15) is 33.6 Å². The van der Waals surface area contributed by atoms with Gasteiger partial charge in [-0.1, -0.05) is 20.3 Å². The number of anilines is 1. The Labute approximate surface area is 169 Å². The molecule has 0 spiro atoms. The molecule has 0 fully saturated rings. The third-order valence-corrected chi connectivity index (χ3v) is 6.36. The number of hydrogen-bond acceptors (Lipinski definition) is 6. The predicted molar refractivity (Wildman–Crippen MR) is 110 cm³/mol. The third kappa shape index (κ3) is 4.60. The second-order valence-electron chi connectivity index (χ2n) is 6.60. The van der Waals surface area contributed by atoms with Crippen LogP contribution in [0.2, 0.25) is 0 Å². The van der Waals surface area contributed by atoms with E-state index in [1.54, 1.807) is 24.5 Å². The molecule has 0 atom stereocenters. The molecule has 3 rings (SSSR count). The van der Waals surface area contributed by atoms with Gasteiger partial charge in [0.2, 0.25) is 21.9 Å². The van der Waals surface area contributed by atoms with Crippen LogP contribution in [0.25, 0.3) is 16.8 Å². The number of pyridine rings is 2. The van der Waals surface area contributed by atoms with Crippen molar-refractivity contribution >= 4 is 27.5 Å². The van der Waals surface area contributed by atoms with Crippen molar-refractivity contribution in [3.05, 3.63) is 36.8 Å². The maximum atomic E-state index is 13.0. The molecule has 3 aromatic rings. The molecular weight excluding hydrogens is 392 g/mol. The number of carbonyl (C=O) groups excluding carboxylic acids is 1. The summed E-state index contributed by atoms with van der Waals surface area (Å²) in [6.07, 6.45) is 6.42. The molecule has 29 heavy (non-hydrogen) atoms. The zero-order chi connectivity index (χ0) is 21.0. The first-order chi connectivity index (χ1) is 13.8. The lowest BCUT2D eigenvalue weighted by atomic mass is 10.1. The Morgan fingerprint density at radius 2 is 2.00 bits per heavy atom. The summed E-state index contributed by atoms with van der Waals surface area (Å²) in [5.74, 6) is -0.0506. The van der Waals surface area contributed by atoms with E-state index in [0.29, 0.717) is 24.3 Å². The topological polar surface area (TPSA) is 110 Å². The van der Waals surface area contributed by atoms with Crippen molar-refractivity contribution in [1.82, 2.24) is 23.9 Å². The molecule has 0 unspecified atom stereocenters. The van der Waals surface area contributed by atoms with Crippen LogP contribution in [-0.4, -0.2) is 51.3 Å². The quantitative estimate of drug-likeness (QED) is 0.604. The average Bonchev–Trinajstić information content (AvgIpc) is 3.09. The summed E-state index contributed by atoms with van der Waals surface area (Å²) in [7, 11) is -3.62. The molecule has 9 nitrogen and oxygen atoms in total. The second-order valence-corrected chi connectivity index (χ2v) is 8.53. The van der Waals surface area contributed by atoms with Gasteiger partial charge >= 0.3 is 0 Å². The smallest absolute Gasteiger partial charge is 0.249 e. The number of rotatable bonds is 8. The number of nitrogens with zero attached hydrogens (tertiary/aromatic N) is 5. The lowest BCUT2D eigenvalue weighted by molar-refractivity contribution is -0.114. The van der Waals surface area contributed by atoms with Crippen molar-refractivity contribution in [2.75, 3.05) is 18.4 Å². The van der Waals surface area contributed by atoms with Gasteiger partial charge in [-0.2, -0.15) is 9.29 Å². The SMILES string of the molecule is CCCCN(CC)S(=O)(=O)c1cncc(-c2ccc3nc(NC(C)=O)nn3c2)c1. The Hall–Kier alpha value is -2.85. The largest absolute Gasteiger partial charge is 0.293 e. The fourth-order valence-corrected chi connectivity index (χ4v) is 4.39. The molecule has 1 N–H and O–H groups in total. The lowest BCUT2D eigenvalue weighted by Crippen LogP contribution is -2.31. The Kier molecular flexibility index (Phi) is 6.23. The Morgan fingerprint density at radius 1 is 1.21 bits per heavy atom. The van der Waals surface area contributed by atoms with Crippen LogP contribution in [0.3, 0.4) is 0 Å². The van der Waals surface area contributed by atoms with Crippen molar-refractivity contribution in [2.45, 2.75) is 38.5 Å². The van der Waals surface area contributed by atoms with Crippen LogP contribution in [0.15, 0.2) is 41.7 Å². The van der Waals surface area contributed by atoms with Gasteiger partial charge in [0.1, 0.15) is 4.90 Å². The Bertz CT molecular complexity index is 1130. The molecule has 0 aliphatic carbocycles. The van der Waals surface area contributed by atoms with E-state index in [1.165, 1.54) is 21.9 Å². The standard InChI is InChI=1S/C19H24N6O3S/c1-4-6-9-24(5-2)29(27,28)17-10-16(11-20-12-17)15-7-8-18-22-19(21-14(3)26)23-25(18)13-15/h7-8,10-13H,4-6,9H2,1-3H3,(H,21,23,26). The minimum absolute atomic E-state index is 0.158. The van der Waals surface area contributed by atoms with Gasteiger partial charge in [0.05, 0.1) is 0 Å². The van der Waals surface area contributed by atoms with Gasteiger partial charge in [-0.05, 0) is 24.6 Å². The van der Waals surface area contributed by atoms with Crippen molar-refractivity contribution in [3.8, 4) is 11.1 Å². The van der Waals surface area contributed by atoms with Crippen LogP contribution in [0.5, 0.6) is 0 Å². The Balaban J connectivity index is 1.95. The molecule has 0 radical (unpaired) electrons. The molecule has 0 aliphatic rings. The van der Waals surface area contributed by atoms with Crippen molar-refractivity contribution in [2.24, 2.45) is 0 Å². The van der Waals surface area contributed by atoms with E-state index in [-0.39, 0.29) is 16.8 Å². The van der Waals surface area contributed by atoms with E-state index in [0.717, 1.165) is 18.4 Å². The van der Waals surface area contributed by atoms with E-state index >= 15 is 0 Å². The summed E-state index contributed by atoms with van der Waals surface area (Å²) in [5, 5.41) is 6.75. The van der Waals surface area contributed by atoms with E-state index in [9.17, 15) is 13.2 Å². The maximum Gasteiger partial charge on any atom is 0.249 e. The maximum absolute atomic E-state index is 13.0. The molecule has 154 valence electrons. The molecule has 10 heteroatoms. The fourth-order valence-electron chi connectivity index (χ4n) is 2.91. The van der Waals surface area contributed by atoms with Crippen molar-refractivity contribution < 1.29 is 13.2 Å². The number of nitrogens with one attached hydrogen (secondary N) is 1. The van der Waals surface area contributed by atoms with Crippen LogP contribution >= 0.6 is 0 Å². The Morgan fingerprint density at radius 3 is 2.69 bits per heavy atom. The molecule has 3 aromatic heterocycles. The van der Waals surface area contributed by atoms with E-state index < -0.39 is 10.0 Å². The number of sulfonamides is 1. The first-order valence-corrected chi connectivity index (χ1v) is 10.9. The van der Waals surface area contributed by atoms with Gasteiger partial charge in [-0.25, -0.2) is 12.9 Å². The predicted octanol–water partition coefficient (Wildman–Crippen LogP) is 2.56. The van der Waals surface area contributed by atoms with E-state index in [1.807, 2.05) is 19.9 Å². The molecule has 0 saturated heterocycles. The van der Waals surface area contributed by atoms with E-state index in [4.69, 9.17) is 0 Å². The van der Waals surface area contributed by atoms with Gasteiger partial charge in [0.15, 0.2) is 5.65 Å². The first-order valence-electron chi connectivity index (χ1n) is 9.44. The minimum atomic E-state index is -3.62.